The first kappa shape index (κ1) is 10.2. The van der Waals surface area contributed by atoms with E-state index in [0.717, 1.165) is 16.4 Å². The van der Waals surface area contributed by atoms with Gasteiger partial charge in [0.25, 0.3) is 0 Å². The molecule has 5 heteroatoms. The van der Waals surface area contributed by atoms with Crippen LogP contribution in [0.1, 0.15) is 11.8 Å². The van der Waals surface area contributed by atoms with Crippen molar-refractivity contribution < 1.29 is 0 Å². The van der Waals surface area contributed by atoms with Gasteiger partial charge in [-0.1, -0.05) is 0 Å². The monoisotopic (exact) mass is 213 g/mol. The zero-order valence-corrected chi connectivity index (χ0v) is 9.18. The zero-order chi connectivity index (χ0) is 9.84. The summed E-state index contributed by atoms with van der Waals surface area (Å²) in [6, 6.07) is 2.09. The number of anilines is 2. The van der Waals surface area contributed by atoms with E-state index in [1.165, 1.54) is 11.3 Å². The molecule has 1 heterocycles. The van der Waals surface area contributed by atoms with Crippen molar-refractivity contribution in [1.82, 2.24) is 0 Å². The predicted molar refractivity (Wildman–Crippen MR) is 59.4 cm³/mol. The molecule has 1 aromatic rings. The van der Waals surface area contributed by atoms with Gasteiger partial charge in [0.05, 0.1) is 10.6 Å². The maximum absolute atomic E-state index is 8.76. The van der Waals surface area contributed by atoms with E-state index in [1.807, 2.05) is 13.2 Å². The van der Waals surface area contributed by atoms with Crippen molar-refractivity contribution in [3.8, 4) is 6.07 Å². The van der Waals surface area contributed by atoms with Gasteiger partial charge in [0, 0.05) is 6.54 Å². The molecule has 0 aromatic carbocycles. The van der Waals surface area contributed by atoms with E-state index < -0.39 is 0 Å². The van der Waals surface area contributed by atoms with Gasteiger partial charge in [-0.05, 0) is 13.2 Å². The number of nitrogens with one attached hydrogen (secondary N) is 1. The summed E-state index contributed by atoms with van der Waals surface area (Å²) in [5.41, 5.74) is 6.39. The molecule has 0 atom stereocenters. The largest absolute Gasteiger partial charge is 0.396 e. The molecule has 3 N–H and O–H groups in total. The van der Waals surface area contributed by atoms with Crippen LogP contribution in [-0.2, 0) is 0 Å². The Morgan fingerprint density at radius 1 is 1.69 bits per heavy atom. The van der Waals surface area contributed by atoms with Crippen molar-refractivity contribution in [2.24, 2.45) is 0 Å². The summed E-state index contributed by atoms with van der Waals surface area (Å²) in [5.74, 6) is 0. The van der Waals surface area contributed by atoms with Crippen LogP contribution in [0.2, 0.25) is 0 Å². The average molecular weight is 213 g/mol. The van der Waals surface area contributed by atoms with Gasteiger partial charge in [-0.25, -0.2) is 0 Å². The number of thiophene rings is 1. The molecule has 0 bridgehead atoms. The highest BCUT2D eigenvalue weighted by atomic mass is 32.2. The number of nitriles is 1. The molecule has 0 aliphatic rings. The third kappa shape index (κ3) is 1.90. The van der Waals surface area contributed by atoms with E-state index in [1.54, 1.807) is 11.8 Å². The van der Waals surface area contributed by atoms with Crippen LogP contribution in [0.3, 0.4) is 0 Å². The SMILES string of the molecule is CCNc1sc(C#N)c(N)c1SC. The number of rotatable bonds is 3. The Balaban J connectivity index is 3.13. The Morgan fingerprint density at radius 2 is 2.38 bits per heavy atom. The molecule has 70 valence electrons. The first-order valence-corrected chi connectivity index (χ1v) is 5.88. The third-order valence-electron chi connectivity index (χ3n) is 1.54. The zero-order valence-electron chi connectivity index (χ0n) is 7.55. The van der Waals surface area contributed by atoms with Crippen molar-refractivity contribution in [2.75, 3.05) is 23.9 Å². The van der Waals surface area contributed by atoms with Crippen LogP contribution in [0.5, 0.6) is 0 Å². The predicted octanol–water partition coefficient (Wildman–Crippen LogP) is 2.36. The first-order valence-electron chi connectivity index (χ1n) is 3.84. The fourth-order valence-electron chi connectivity index (χ4n) is 0.991. The highest BCUT2D eigenvalue weighted by Gasteiger charge is 2.13. The van der Waals surface area contributed by atoms with Gasteiger partial charge < -0.3 is 11.1 Å². The molecule has 0 aliphatic heterocycles. The highest BCUT2D eigenvalue weighted by molar-refractivity contribution is 7.99. The molecule has 0 aliphatic carbocycles. The second kappa shape index (κ2) is 4.40. The molecule has 1 aromatic heterocycles. The van der Waals surface area contributed by atoms with Crippen LogP contribution >= 0.6 is 23.1 Å². The topological polar surface area (TPSA) is 61.8 Å². The third-order valence-corrected chi connectivity index (χ3v) is 3.57. The molecule has 0 saturated heterocycles. The number of hydrogen-bond acceptors (Lipinski definition) is 5. The van der Waals surface area contributed by atoms with E-state index >= 15 is 0 Å². The maximum atomic E-state index is 8.76. The number of thioether (sulfide) groups is 1. The fourth-order valence-corrected chi connectivity index (χ4v) is 2.89. The van der Waals surface area contributed by atoms with E-state index in [2.05, 4.69) is 11.4 Å². The van der Waals surface area contributed by atoms with E-state index in [-0.39, 0.29) is 0 Å². The number of nitrogen functional groups attached to an aromatic ring is 1. The van der Waals surface area contributed by atoms with E-state index in [0.29, 0.717) is 10.6 Å². The Bertz CT molecular complexity index is 338. The first-order chi connectivity index (χ1) is 6.24. The normalized spacial score (nSPS) is 9.62. The van der Waals surface area contributed by atoms with Gasteiger partial charge in [-0.15, -0.1) is 23.1 Å². The van der Waals surface area contributed by atoms with Gasteiger partial charge in [-0.3, -0.25) is 0 Å². The molecule has 1 rings (SSSR count). The summed E-state index contributed by atoms with van der Waals surface area (Å²) in [6.45, 7) is 2.87. The summed E-state index contributed by atoms with van der Waals surface area (Å²) in [4.78, 5) is 1.59. The smallest absolute Gasteiger partial charge is 0.131 e. The second-order valence-corrected chi connectivity index (χ2v) is 4.19. The fraction of sp³-hybridized carbons (Fsp3) is 0.375. The molecular weight excluding hydrogens is 202 g/mol. The lowest BCUT2D eigenvalue weighted by Gasteiger charge is -2.01. The van der Waals surface area contributed by atoms with Crippen LogP contribution < -0.4 is 11.1 Å². The van der Waals surface area contributed by atoms with Crippen LogP contribution in [0, 0.1) is 11.3 Å². The summed E-state index contributed by atoms with van der Waals surface area (Å²) < 4.78 is 0. The summed E-state index contributed by atoms with van der Waals surface area (Å²) in [5, 5.41) is 13.0. The maximum Gasteiger partial charge on any atom is 0.131 e. The Hall–Kier alpha value is -0.860. The minimum absolute atomic E-state index is 0.597. The van der Waals surface area contributed by atoms with Gasteiger partial charge in [-0.2, -0.15) is 5.26 Å². The molecule has 0 fully saturated rings. The minimum atomic E-state index is 0.597. The van der Waals surface area contributed by atoms with Gasteiger partial charge in [0.2, 0.25) is 0 Å². The van der Waals surface area contributed by atoms with Gasteiger partial charge >= 0.3 is 0 Å². The highest BCUT2D eigenvalue weighted by Crippen LogP contribution is 2.40. The molecule has 0 spiro atoms. The molecule has 3 nitrogen and oxygen atoms in total. The van der Waals surface area contributed by atoms with E-state index in [9.17, 15) is 0 Å². The quantitative estimate of drug-likeness (QED) is 0.757. The van der Waals surface area contributed by atoms with Gasteiger partial charge in [0.15, 0.2) is 0 Å². The van der Waals surface area contributed by atoms with Crippen molar-refractivity contribution >= 4 is 33.8 Å². The average Bonchev–Trinajstić information content (AvgIpc) is 2.43. The lowest BCUT2D eigenvalue weighted by Crippen LogP contribution is -1.95. The molecule has 0 amide bonds. The number of hydrogen-bond donors (Lipinski definition) is 2. The lowest BCUT2D eigenvalue weighted by atomic mass is 10.4. The Morgan fingerprint density at radius 3 is 2.85 bits per heavy atom. The van der Waals surface area contributed by atoms with Crippen LogP contribution in [0.15, 0.2) is 4.90 Å². The second-order valence-electron chi connectivity index (χ2n) is 2.35. The molecule has 0 saturated carbocycles. The van der Waals surface area contributed by atoms with Crippen LogP contribution in [0.4, 0.5) is 10.7 Å². The molecule has 0 unspecified atom stereocenters. The molecular formula is C8H11N3S2. The summed E-state index contributed by atoms with van der Waals surface area (Å²) >= 11 is 2.99. The number of nitrogens with zero attached hydrogens (tertiary/aromatic N) is 1. The van der Waals surface area contributed by atoms with Crippen molar-refractivity contribution in [2.45, 2.75) is 11.8 Å². The molecule has 13 heavy (non-hydrogen) atoms. The lowest BCUT2D eigenvalue weighted by molar-refractivity contribution is 1.21. The number of nitrogens with two attached hydrogens (primary N) is 1. The van der Waals surface area contributed by atoms with Crippen LogP contribution in [0.25, 0.3) is 0 Å². The summed E-state index contributed by atoms with van der Waals surface area (Å²) in [7, 11) is 0. The van der Waals surface area contributed by atoms with Crippen molar-refractivity contribution in [3.05, 3.63) is 4.88 Å². The molecule has 0 radical (unpaired) electrons. The Kier molecular flexibility index (Phi) is 3.46. The van der Waals surface area contributed by atoms with Crippen molar-refractivity contribution in [1.29, 1.82) is 5.26 Å². The Labute approximate surface area is 85.9 Å². The standard InChI is InChI=1S/C8H11N3S2/c1-3-11-8-7(12-2)6(10)5(4-9)13-8/h11H,3,10H2,1-2H3. The summed E-state index contributed by atoms with van der Waals surface area (Å²) in [6.07, 6.45) is 1.96. The van der Waals surface area contributed by atoms with Crippen LogP contribution in [-0.4, -0.2) is 12.8 Å². The van der Waals surface area contributed by atoms with Crippen molar-refractivity contribution in [3.63, 3.8) is 0 Å². The minimum Gasteiger partial charge on any atom is -0.396 e. The van der Waals surface area contributed by atoms with Gasteiger partial charge in [0.1, 0.15) is 15.9 Å². The van der Waals surface area contributed by atoms with E-state index in [4.69, 9.17) is 11.0 Å².